The highest BCUT2D eigenvalue weighted by Gasteiger charge is 2.18. The molecule has 0 saturated carbocycles. The lowest BCUT2D eigenvalue weighted by atomic mass is 10.2. The molecule has 0 amide bonds. The molecule has 6 heteroatoms. The smallest absolute Gasteiger partial charge is 0.282 e. The Morgan fingerprint density at radius 1 is 1.47 bits per heavy atom. The Balaban J connectivity index is 2.04. The summed E-state index contributed by atoms with van der Waals surface area (Å²) >= 11 is 11.8. The molecule has 1 aromatic carbocycles. The zero-order valence-electron chi connectivity index (χ0n) is 9.36. The van der Waals surface area contributed by atoms with Gasteiger partial charge in [-0.15, -0.1) is 0 Å². The fraction of sp³-hybridized carbons (Fsp3) is 0.364. The molecular weight excluding hydrogens is 261 g/mol. The number of benzene rings is 1. The predicted octanol–water partition coefficient (Wildman–Crippen LogP) is 2.14. The third-order valence-corrected chi connectivity index (χ3v) is 3.30. The van der Waals surface area contributed by atoms with Crippen LogP contribution in [0.15, 0.2) is 23.2 Å². The van der Waals surface area contributed by atoms with E-state index < -0.39 is 0 Å². The summed E-state index contributed by atoms with van der Waals surface area (Å²) < 4.78 is 5.10. The van der Waals surface area contributed by atoms with Crippen molar-refractivity contribution in [3.8, 4) is 0 Å². The van der Waals surface area contributed by atoms with Gasteiger partial charge in [0.15, 0.2) is 0 Å². The van der Waals surface area contributed by atoms with Crippen LogP contribution in [0.2, 0.25) is 10.0 Å². The minimum absolute atomic E-state index is 0.0643. The van der Waals surface area contributed by atoms with Gasteiger partial charge in [-0.3, -0.25) is 0 Å². The third kappa shape index (κ3) is 2.96. The van der Waals surface area contributed by atoms with Crippen molar-refractivity contribution in [2.24, 2.45) is 10.7 Å². The number of amidine groups is 1. The van der Waals surface area contributed by atoms with Gasteiger partial charge < -0.3 is 15.4 Å². The standard InChI is InChI=1S/C11H13Cl2N3O/c1-16(5-7-6-17-11(14)15-7)8-2-3-9(12)10(13)4-8/h2-4,7H,5-6H2,1H3,(H2,14,15)/t7-/m1/s1. The second kappa shape index (κ2) is 5.02. The highest BCUT2D eigenvalue weighted by atomic mass is 35.5. The Hall–Kier alpha value is -1.13. The number of rotatable bonds is 3. The molecule has 0 radical (unpaired) electrons. The molecule has 0 saturated heterocycles. The van der Waals surface area contributed by atoms with Crippen LogP contribution in [-0.4, -0.2) is 32.3 Å². The highest BCUT2D eigenvalue weighted by molar-refractivity contribution is 6.42. The summed E-state index contributed by atoms with van der Waals surface area (Å²) in [4.78, 5) is 6.21. The lowest BCUT2D eigenvalue weighted by Crippen LogP contribution is -2.28. The number of hydrogen-bond acceptors (Lipinski definition) is 4. The molecule has 1 heterocycles. The van der Waals surface area contributed by atoms with E-state index in [1.807, 2.05) is 24.1 Å². The molecule has 1 aliphatic rings. The molecule has 0 spiro atoms. The maximum atomic E-state index is 5.97. The van der Waals surface area contributed by atoms with Crippen LogP contribution in [-0.2, 0) is 4.74 Å². The maximum Gasteiger partial charge on any atom is 0.282 e. The van der Waals surface area contributed by atoms with E-state index in [1.54, 1.807) is 6.07 Å². The molecule has 92 valence electrons. The van der Waals surface area contributed by atoms with Crippen molar-refractivity contribution >= 4 is 34.9 Å². The van der Waals surface area contributed by atoms with Gasteiger partial charge in [0.2, 0.25) is 0 Å². The van der Waals surface area contributed by atoms with Crippen molar-refractivity contribution in [2.45, 2.75) is 6.04 Å². The lowest BCUT2D eigenvalue weighted by molar-refractivity contribution is 0.314. The van der Waals surface area contributed by atoms with Gasteiger partial charge in [-0.25, -0.2) is 4.99 Å². The molecule has 1 aromatic rings. The second-order valence-corrected chi connectivity index (χ2v) is 4.73. The van der Waals surface area contributed by atoms with Crippen molar-refractivity contribution in [2.75, 3.05) is 25.1 Å². The van der Waals surface area contributed by atoms with Gasteiger partial charge in [0.05, 0.1) is 10.0 Å². The first-order valence-electron chi connectivity index (χ1n) is 5.18. The van der Waals surface area contributed by atoms with Gasteiger partial charge in [0.1, 0.15) is 12.6 Å². The molecule has 0 unspecified atom stereocenters. The van der Waals surface area contributed by atoms with Crippen molar-refractivity contribution in [3.05, 3.63) is 28.2 Å². The molecule has 1 aliphatic heterocycles. The molecule has 2 N–H and O–H groups in total. The number of likely N-dealkylation sites (N-methyl/N-ethyl adjacent to an activating group) is 1. The molecule has 0 fully saturated rings. The number of anilines is 1. The van der Waals surface area contributed by atoms with E-state index in [2.05, 4.69) is 4.99 Å². The van der Waals surface area contributed by atoms with Crippen LogP contribution >= 0.6 is 23.2 Å². The molecule has 4 nitrogen and oxygen atoms in total. The van der Waals surface area contributed by atoms with Crippen molar-refractivity contribution < 1.29 is 4.74 Å². The first-order valence-corrected chi connectivity index (χ1v) is 5.94. The largest absolute Gasteiger partial charge is 0.463 e. The van der Waals surface area contributed by atoms with Crippen molar-refractivity contribution in [1.29, 1.82) is 0 Å². The van der Waals surface area contributed by atoms with Gasteiger partial charge >= 0.3 is 0 Å². The van der Waals surface area contributed by atoms with E-state index in [-0.39, 0.29) is 12.1 Å². The predicted molar refractivity (Wildman–Crippen MR) is 71.1 cm³/mol. The first-order chi connectivity index (χ1) is 8.06. The number of aliphatic imine (C=N–C) groups is 1. The fourth-order valence-electron chi connectivity index (χ4n) is 1.67. The summed E-state index contributed by atoms with van der Waals surface area (Å²) in [6, 6.07) is 5.84. The average Bonchev–Trinajstić information content (AvgIpc) is 2.68. The first kappa shape index (κ1) is 12.3. The van der Waals surface area contributed by atoms with E-state index >= 15 is 0 Å². The molecule has 0 bridgehead atoms. The van der Waals surface area contributed by atoms with Gasteiger partial charge in [-0.1, -0.05) is 23.2 Å². The van der Waals surface area contributed by atoms with E-state index in [1.165, 1.54) is 0 Å². The summed E-state index contributed by atoms with van der Waals surface area (Å²) in [7, 11) is 1.96. The zero-order chi connectivity index (χ0) is 12.4. The van der Waals surface area contributed by atoms with Crippen LogP contribution in [0.3, 0.4) is 0 Å². The average molecular weight is 274 g/mol. The SMILES string of the molecule is CN(C[C@@H]1COC(N)=N1)c1ccc(Cl)c(Cl)c1. The van der Waals surface area contributed by atoms with Crippen LogP contribution in [0.5, 0.6) is 0 Å². The van der Waals surface area contributed by atoms with Crippen LogP contribution < -0.4 is 10.6 Å². The van der Waals surface area contributed by atoms with E-state index in [9.17, 15) is 0 Å². The Morgan fingerprint density at radius 3 is 2.82 bits per heavy atom. The van der Waals surface area contributed by atoms with Crippen LogP contribution in [0.1, 0.15) is 0 Å². The van der Waals surface area contributed by atoms with Gasteiger partial charge in [0.25, 0.3) is 6.02 Å². The topological polar surface area (TPSA) is 50.9 Å². The third-order valence-electron chi connectivity index (χ3n) is 2.56. The van der Waals surface area contributed by atoms with Crippen LogP contribution in [0.25, 0.3) is 0 Å². The number of nitrogens with zero attached hydrogens (tertiary/aromatic N) is 2. The summed E-state index contributed by atoms with van der Waals surface area (Å²) in [5.74, 6) is 0. The van der Waals surface area contributed by atoms with Crippen molar-refractivity contribution in [3.63, 3.8) is 0 Å². The monoisotopic (exact) mass is 273 g/mol. The molecular formula is C11H13Cl2N3O. The van der Waals surface area contributed by atoms with Crippen molar-refractivity contribution in [1.82, 2.24) is 0 Å². The normalized spacial score (nSPS) is 18.8. The van der Waals surface area contributed by atoms with Gasteiger partial charge in [-0.05, 0) is 18.2 Å². The quantitative estimate of drug-likeness (QED) is 0.918. The minimum atomic E-state index is 0.0643. The van der Waals surface area contributed by atoms with Crippen LogP contribution in [0.4, 0.5) is 5.69 Å². The molecule has 0 aromatic heterocycles. The number of hydrogen-bond donors (Lipinski definition) is 1. The Labute approximate surface area is 110 Å². The molecule has 2 rings (SSSR count). The highest BCUT2D eigenvalue weighted by Crippen LogP contribution is 2.26. The Kier molecular flexibility index (Phi) is 3.64. The van der Waals surface area contributed by atoms with Crippen LogP contribution in [0, 0.1) is 0 Å². The summed E-state index contributed by atoms with van der Waals surface area (Å²) in [5, 5.41) is 1.09. The molecule has 1 atom stereocenters. The van der Waals surface area contributed by atoms with Gasteiger partial charge in [-0.2, -0.15) is 0 Å². The van der Waals surface area contributed by atoms with E-state index in [4.69, 9.17) is 33.7 Å². The maximum absolute atomic E-state index is 5.97. The summed E-state index contributed by atoms with van der Waals surface area (Å²) in [5.41, 5.74) is 6.44. The second-order valence-electron chi connectivity index (χ2n) is 3.91. The molecule has 0 aliphatic carbocycles. The van der Waals surface area contributed by atoms with E-state index in [0.29, 0.717) is 16.7 Å². The summed E-state index contributed by atoms with van der Waals surface area (Å²) in [6.45, 7) is 1.25. The fourth-order valence-corrected chi connectivity index (χ4v) is 1.97. The minimum Gasteiger partial charge on any atom is -0.463 e. The molecule has 17 heavy (non-hydrogen) atoms. The van der Waals surface area contributed by atoms with E-state index in [0.717, 1.165) is 12.2 Å². The zero-order valence-corrected chi connectivity index (χ0v) is 10.9. The number of ether oxygens (including phenoxy) is 1. The summed E-state index contributed by atoms with van der Waals surface area (Å²) in [6.07, 6.45) is 0. The lowest BCUT2D eigenvalue weighted by Gasteiger charge is -2.21. The Morgan fingerprint density at radius 2 is 2.24 bits per heavy atom. The number of nitrogens with two attached hydrogens (primary N) is 1. The number of halogens is 2. The van der Waals surface area contributed by atoms with Gasteiger partial charge in [0, 0.05) is 19.3 Å². The Bertz CT molecular complexity index is 450.